The van der Waals surface area contributed by atoms with Crippen LogP contribution in [-0.4, -0.2) is 6.54 Å². The number of hydrogen-bond acceptors (Lipinski definition) is 2. The maximum absolute atomic E-state index is 3.44. The topological polar surface area (TPSA) is 12.0 Å². The smallest absolute Gasteiger partial charge is 0.0701 e. The molecular weight excluding hydrogens is 246 g/mol. The lowest BCUT2D eigenvalue weighted by molar-refractivity contribution is 0.759. The highest BCUT2D eigenvalue weighted by Crippen LogP contribution is 2.20. The van der Waals surface area contributed by atoms with Crippen molar-refractivity contribution in [3.63, 3.8) is 0 Å². The van der Waals surface area contributed by atoms with E-state index >= 15 is 0 Å². The predicted molar refractivity (Wildman–Crippen MR) is 63.2 cm³/mol. The van der Waals surface area contributed by atoms with Crippen LogP contribution in [0.4, 0.5) is 0 Å². The quantitative estimate of drug-likeness (QED) is 0.644. The Hall–Kier alpha value is -0.120. The molecule has 0 amide bonds. The molecule has 0 radical (unpaired) electrons. The molecule has 0 aliphatic heterocycles. The van der Waals surface area contributed by atoms with Gasteiger partial charge in [0.1, 0.15) is 0 Å². The molecule has 0 aromatic carbocycles. The lowest BCUT2D eigenvalue weighted by Gasteiger charge is -1.98. The molecule has 72 valence electrons. The van der Waals surface area contributed by atoms with Gasteiger partial charge in [-0.05, 0) is 46.8 Å². The van der Waals surface area contributed by atoms with Gasteiger partial charge in [0.25, 0.3) is 0 Å². The highest BCUT2D eigenvalue weighted by Gasteiger charge is 1.94. The fourth-order valence-electron chi connectivity index (χ4n) is 0.931. The first kappa shape index (κ1) is 11.0. The van der Waals surface area contributed by atoms with Gasteiger partial charge < -0.3 is 5.32 Å². The molecule has 0 aliphatic carbocycles. The summed E-state index contributed by atoms with van der Waals surface area (Å²) < 4.78 is 1.20. The second-order valence-electron chi connectivity index (χ2n) is 3.17. The Balaban J connectivity index is 2.24. The van der Waals surface area contributed by atoms with Crippen LogP contribution in [0.5, 0.6) is 0 Å². The summed E-state index contributed by atoms with van der Waals surface area (Å²) in [5.74, 6) is 0. The van der Waals surface area contributed by atoms with Crippen molar-refractivity contribution in [1.29, 1.82) is 0 Å². The minimum absolute atomic E-state index is 0.950. The van der Waals surface area contributed by atoms with E-state index in [0.29, 0.717) is 0 Å². The molecule has 1 N–H and O–H groups in total. The van der Waals surface area contributed by atoms with Crippen molar-refractivity contribution >= 4 is 27.3 Å². The van der Waals surface area contributed by atoms with Crippen molar-refractivity contribution in [2.24, 2.45) is 0 Å². The van der Waals surface area contributed by atoms with Gasteiger partial charge in [-0.2, -0.15) is 0 Å². The number of thiophene rings is 1. The fraction of sp³-hybridized carbons (Fsp3) is 0.400. The zero-order valence-corrected chi connectivity index (χ0v) is 10.3. The van der Waals surface area contributed by atoms with Crippen molar-refractivity contribution in [3.8, 4) is 0 Å². The van der Waals surface area contributed by atoms with E-state index in [1.165, 1.54) is 14.9 Å². The average Bonchev–Trinajstić information content (AvgIpc) is 2.45. The van der Waals surface area contributed by atoms with Crippen LogP contribution in [0.1, 0.15) is 19.4 Å². The molecule has 0 aliphatic rings. The Morgan fingerprint density at radius 1 is 1.62 bits per heavy atom. The van der Waals surface area contributed by atoms with E-state index in [-0.39, 0.29) is 0 Å². The largest absolute Gasteiger partial charge is 0.309 e. The van der Waals surface area contributed by atoms with Gasteiger partial charge >= 0.3 is 0 Å². The van der Waals surface area contributed by atoms with Crippen molar-refractivity contribution < 1.29 is 0 Å². The third-order valence-corrected chi connectivity index (χ3v) is 3.16. The molecule has 1 aromatic heterocycles. The molecule has 1 heterocycles. The molecular formula is C10H14BrNS. The van der Waals surface area contributed by atoms with E-state index in [1.807, 2.05) is 0 Å². The SMILES string of the molecule is CC(C)=CCNCc1csc(Br)c1. The minimum Gasteiger partial charge on any atom is -0.309 e. The highest BCUT2D eigenvalue weighted by atomic mass is 79.9. The number of rotatable bonds is 4. The minimum atomic E-state index is 0.950. The normalized spacial score (nSPS) is 10.1. The molecule has 1 aromatic rings. The Morgan fingerprint density at radius 3 is 2.92 bits per heavy atom. The Kier molecular flexibility index (Phi) is 4.70. The lowest BCUT2D eigenvalue weighted by Crippen LogP contribution is -2.12. The maximum Gasteiger partial charge on any atom is 0.0701 e. The van der Waals surface area contributed by atoms with Gasteiger partial charge in [0.2, 0.25) is 0 Å². The van der Waals surface area contributed by atoms with Crippen LogP contribution in [0.2, 0.25) is 0 Å². The Labute approximate surface area is 92.0 Å². The predicted octanol–water partition coefficient (Wildman–Crippen LogP) is 3.57. The van der Waals surface area contributed by atoms with Gasteiger partial charge in [0.05, 0.1) is 3.79 Å². The first-order valence-corrected chi connectivity index (χ1v) is 5.93. The second kappa shape index (κ2) is 5.58. The van der Waals surface area contributed by atoms with E-state index in [4.69, 9.17) is 0 Å². The zero-order valence-electron chi connectivity index (χ0n) is 7.93. The number of halogens is 1. The van der Waals surface area contributed by atoms with Crippen LogP contribution in [0, 0.1) is 0 Å². The van der Waals surface area contributed by atoms with E-state index in [9.17, 15) is 0 Å². The van der Waals surface area contributed by atoms with Crippen LogP contribution in [0.15, 0.2) is 26.9 Å². The summed E-state index contributed by atoms with van der Waals surface area (Å²) in [6, 6.07) is 2.15. The number of nitrogens with one attached hydrogen (secondary N) is 1. The molecule has 13 heavy (non-hydrogen) atoms. The molecule has 0 fully saturated rings. The Bertz CT molecular complexity index is 287. The van der Waals surface area contributed by atoms with Gasteiger partial charge in [-0.1, -0.05) is 11.6 Å². The van der Waals surface area contributed by atoms with Crippen LogP contribution in [0.25, 0.3) is 0 Å². The van der Waals surface area contributed by atoms with Crippen molar-refractivity contribution in [1.82, 2.24) is 5.32 Å². The fourth-order valence-corrected chi connectivity index (χ4v) is 2.14. The number of allylic oxidation sites excluding steroid dienone is 1. The third kappa shape index (κ3) is 4.60. The van der Waals surface area contributed by atoms with Crippen LogP contribution in [0.3, 0.4) is 0 Å². The van der Waals surface area contributed by atoms with E-state index in [0.717, 1.165) is 13.1 Å². The van der Waals surface area contributed by atoms with Crippen molar-refractivity contribution in [3.05, 3.63) is 32.4 Å². The second-order valence-corrected chi connectivity index (χ2v) is 5.46. The van der Waals surface area contributed by atoms with Crippen molar-refractivity contribution in [2.45, 2.75) is 20.4 Å². The summed E-state index contributed by atoms with van der Waals surface area (Å²) in [4.78, 5) is 0. The maximum atomic E-state index is 3.44. The third-order valence-electron chi connectivity index (χ3n) is 1.61. The van der Waals surface area contributed by atoms with E-state index in [2.05, 4.69) is 52.6 Å². The summed E-state index contributed by atoms with van der Waals surface area (Å²) in [5, 5.41) is 5.52. The summed E-state index contributed by atoms with van der Waals surface area (Å²) in [7, 11) is 0. The standard InChI is InChI=1S/C10H14BrNS/c1-8(2)3-4-12-6-9-5-10(11)13-7-9/h3,5,7,12H,4,6H2,1-2H3. The number of hydrogen-bond donors (Lipinski definition) is 1. The van der Waals surface area contributed by atoms with Crippen LogP contribution in [-0.2, 0) is 6.54 Å². The van der Waals surface area contributed by atoms with E-state index in [1.54, 1.807) is 11.3 Å². The summed E-state index contributed by atoms with van der Waals surface area (Å²) in [5.41, 5.74) is 2.71. The van der Waals surface area contributed by atoms with Gasteiger partial charge in [-0.25, -0.2) is 0 Å². The molecule has 0 atom stereocenters. The summed E-state index contributed by atoms with van der Waals surface area (Å²) in [6.07, 6.45) is 2.20. The first-order valence-electron chi connectivity index (χ1n) is 4.25. The highest BCUT2D eigenvalue weighted by molar-refractivity contribution is 9.11. The zero-order chi connectivity index (χ0) is 9.68. The molecule has 1 nitrogen and oxygen atoms in total. The molecule has 0 bridgehead atoms. The van der Waals surface area contributed by atoms with Crippen LogP contribution < -0.4 is 5.32 Å². The summed E-state index contributed by atoms with van der Waals surface area (Å²) in [6.45, 7) is 6.13. The molecule has 1 rings (SSSR count). The van der Waals surface area contributed by atoms with Gasteiger partial charge in [-0.3, -0.25) is 0 Å². The van der Waals surface area contributed by atoms with Gasteiger partial charge in [0, 0.05) is 13.1 Å². The molecule has 0 saturated heterocycles. The lowest BCUT2D eigenvalue weighted by atomic mass is 10.3. The first-order chi connectivity index (χ1) is 6.18. The molecule has 3 heteroatoms. The monoisotopic (exact) mass is 259 g/mol. The van der Waals surface area contributed by atoms with Gasteiger partial charge in [0.15, 0.2) is 0 Å². The average molecular weight is 260 g/mol. The van der Waals surface area contributed by atoms with Gasteiger partial charge in [-0.15, -0.1) is 11.3 Å². The Morgan fingerprint density at radius 2 is 2.38 bits per heavy atom. The van der Waals surface area contributed by atoms with Crippen LogP contribution >= 0.6 is 27.3 Å². The summed E-state index contributed by atoms with van der Waals surface area (Å²) >= 11 is 5.17. The molecule has 0 unspecified atom stereocenters. The molecule has 0 spiro atoms. The van der Waals surface area contributed by atoms with E-state index < -0.39 is 0 Å². The molecule has 0 saturated carbocycles. The van der Waals surface area contributed by atoms with Crippen molar-refractivity contribution in [2.75, 3.05) is 6.54 Å².